The third-order valence-electron chi connectivity index (χ3n) is 2.54. The maximum absolute atomic E-state index is 11.8. The highest BCUT2D eigenvalue weighted by molar-refractivity contribution is 5.84. The van der Waals surface area contributed by atoms with Crippen molar-refractivity contribution in [2.24, 2.45) is 5.41 Å². The van der Waals surface area contributed by atoms with Crippen molar-refractivity contribution in [1.82, 2.24) is 5.32 Å². The van der Waals surface area contributed by atoms with E-state index in [9.17, 15) is 9.90 Å². The second kappa shape index (κ2) is 5.46. The quantitative estimate of drug-likeness (QED) is 0.823. The number of aliphatic hydroxyl groups excluding tert-OH is 1. The summed E-state index contributed by atoms with van der Waals surface area (Å²) < 4.78 is 0. The normalized spacial score (nSPS) is 12.6. The molecule has 4 nitrogen and oxygen atoms in total. The van der Waals surface area contributed by atoms with Crippen LogP contribution >= 0.6 is 0 Å². The molecule has 17 heavy (non-hydrogen) atoms. The van der Waals surface area contributed by atoms with E-state index < -0.39 is 11.5 Å². The zero-order valence-electron chi connectivity index (χ0n) is 9.97. The molecule has 0 unspecified atom stereocenters. The van der Waals surface area contributed by atoms with E-state index >= 15 is 0 Å². The van der Waals surface area contributed by atoms with Gasteiger partial charge in [-0.3, -0.25) is 4.79 Å². The number of carbonyl (C=O) groups excluding carboxylic acids is 1. The number of carbonyl (C=O) groups is 1. The van der Waals surface area contributed by atoms with Crippen LogP contribution in [-0.4, -0.2) is 17.6 Å². The van der Waals surface area contributed by atoms with E-state index in [4.69, 9.17) is 5.26 Å². The Balaban J connectivity index is 2.80. The molecule has 4 heteroatoms. The highest BCUT2D eigenvalue weighted by Crippen LogP contribution is 2.17. The van der Waals surface area contributed by atoms with Gasteiger partial charge in [0.1, 0.15) is 5.41 Å². The van der Waals surface area contributed by atoms with E-state index in [1.165, 1.54) is 0 Å². The van der Waals surface area contributed by atoms with E-state index in [0.29, 0.717) is 0 Å². The number of nitrogens with zero attached hydrogens (tertiary/aromatic N) is 1. The van der Waals surface area contributed by atoms with E-state index in [1.54, 1.807) is 13.8 Å². The Hall–Kier alpha value is -1.86. The molecular weight excluding hydrogens is 216 g/mol. The first-order chi connectivity index (χ1) is 8.01. The minimum absolute atomic E-state index is 0.197. The second-order valence-electron chi connectivity index (χ2n) is 4.36. The van der Waals surface area contributed by atoms with Crippen LogP contribution in [-0.2, 0) is 4.79 Å². The predicted octanol–water partition coefficient (Wildman–Crippen LogP) is 1.39. The van der Waals surface area contributed by atoms with Gasteiger partial charge in [-0.1, -0.05) is 30.3 Å². The number of hydrogen-bond acceptors (Lipinski definition) is 3. The van der Waals surface area contributed by atoms with Crippen LogP contribution in [0.15, 0.2) is 30.3 Å². The molecule has 1 amide bonds. The topological polar surface area (TPSA) is 73.1 Å². The first-order valence-electron chi connectivity index (χ1n) is 5.39. The van der Waals surface area contributed by atoms with Crippen LogP contribution in [0.1, 0.15) is 25.5 Å². The average molecular weight is 232 g/mol. The third kappa shape index (κ3) is 3.30. The maximum atomic E-state index is 11.8. The summed E-state index contributed by atoms with van der Waals surface area (Å²) in [4.78, 5) is 11.8. The Morgan fingerprint density at radius 2 is 2.06 bits per heavy atom. The van der Waals surface area contributed by atoms with Gasteiger partial charge >= 0.3 is 0 Å². The highest BCUT2D eigenvalue weighted by atomic mass is 16.3. The highest BCUT2D eigenvalue weighted by Gasteiger charge is 2.29. The number of amides is 1. The Morgan fingerprint density at radius 3 is 2.53 bits per heavy atom. The molecule has 1 atom stereocenters. The zero-order chi connectivity index (χ0) is 12.9. The molecule has 0 spiro atoms. The molecule has 0 aliphatic heterocycles. The van der Waals surface area contributed by atoms with Gasteiger partial charge in [-0.15, -0.1) is 0 Å². The smallest absolute Gasteiger partial charge is 0.240 e. The molecule has 0 bridgehead atoms. The zero-order valence-corrected chi connectivity index (χ0v) is 9.97. The van der Waals surface area contributed by atoms with Crippen LogP contribution in [0.3, 0.4) is 0 Å². The Morgan fingerprint density at radius 1 is 1.47 bits per heavy atom. The van der Waals surface area contributed by atoms with E-state index in [2.05, 4.69) is 5.32 Å². The Kier molecular flexibility index (Phi) is 4.24. The molecule has 2 N–H and O–H groups in total. The number of nitrogens with one attached hydrogen (secondary N) is 1. The molecular formula is C13H16N2O2. The Bertz CT molecular complexity index is 421. The van der Waals surface area contributed by atoms with Crippen molar-refractivity contribution in [2.75, 3.05) is 6.61 Å². The molecule has 0 aliphatic rings. The number of nitriles is 1. The van der Waals surface area contributed by atoms with E-state index in [-0.39, 0.29) is 12.5 Å². The van der Waals surface area contributed by atoms with Crippen LogP contribution in [0, 0.1) is 16.7 Å². The molecule has 1 aromatic rings. The average Bonchev–Trinajstić information content (AvgIpc) is 2.36. The van der Waals surface area contributed by atoms with Crippen molar-refractivity contribution in [3.05, 3.63) is 35.9 Å². The monoisotopic (exact) mass is 232 g/mol. The number of benzene rings is 1. The van der Waals surface area contributed by atoms with Gasteiger partial charge in [-0.25, -0.2) is 0 Å². The van der Waals surface area contributed by atoms with Gasteiger partial charge in [0, 0.05) is 0 Å². The summed E-state index contributed by atoms with van der Waals surface area (Å²) in [6, 6.07) is 10.6. The summed E-state index contributed by atoms with van der Waals surface area (Å²) in [5.74, 6) is -0.386. The summed E-state index contributed by atoms with van der Waals surface area (Å²) in [5.41, 5.74) is -0.278. The number of aliphatic hydroxyl groups is 1. The summed E-state index contributed by atoms with van der Waals surface area (Å²) in [5, 5.41) is 20.8. The first-order valence-corrected chi connectivity index (χ1v) is 5.39. The van der Waals surface area contributed by atoms with Gasteiger partial charge in [-0.2, -0.15) is 5.26 Å². The SMILES string of the molecule is CC(C)(C#N)C(=O)N[C@@H](CO)c1ccccc1. The van der Waals surface area contributed by atoms with Crippen molar-refractivity contribution in [3.8, 4) is 6.07 Å². The maximum Gasteiger partial charge on any atom is 0.240 e. The molecule has 0 heterocycles. The minimum Gasteiger partial charge on any atom is -0.394 e. The van der Waals surface area contributed by atoms with Crippen molar-refractivity contribution >= 4 is 5.91 Å². The lowest BCUT2D eigenvalue weighted by molar-refractivity contribution is -0.127. The van der Waals surface area contributed by atoms with E-state index in [0.717, 1.165) is 5.56 Å². The summed E-state index contributed by atoms with van der Waals surface area (Å²) in [6.45, 7) is 2.89. The van der Waals surface area contributed by atoms with E-state index in [1.807, 2.05) is 36.4 Å². The molecule has 90 valence electrons. The fourth-order valence-corrected chi connectivity index (χ4v) is 1.31. The standard InChI is InChI=1S/C13H16N2O2/c1-13(2,9-14)12(17)15-11(8-16)10-6-4-3-5-7-10/h3-7,11,16H,8H2,1-2H3,(H,15,17)/t11-/m0/s1. The number of hydrogen-bond donors (Lipinski definition) is 2. The first kappa shape index (κ1) is 13.2. The molecule has 0 saturated carbocycles. The van der Waals surface area contributed by atoms with Gasteiger partial charge in [-0.05, 0) is 19.4 Å². The molecule has 0 fully saturated rings. The Labute approximate surface area is 101 Å². The molecule has 1 rings (SSSR count). The lowest BCUT2D eigenvalue weighted by atomic mass is 9.94. The van der Waals surface area contributed by atoms with Gasteiger partial charge < -0.3 is 10.4 Å². The van der Waals surface area contributed by atoms with Gasteiger partial charge in [0.15, 0.2) is 0 Å². The molecule has 1 aromatic carbocycles. The van der Waals surface area contributed by atoms with Crippen molar-refractivity contribution < 1.29 is 9.90 Å². The van der Waals surface area contributed by atoms with Crippen molar-refractivity contribution in [3.63, 3.8) is 0 Å². The minimum atomic E-state index is -1.10. The largest absolute Gasteiger partial charge is 0.394 e. The number of rotatable bonds is 4. The van der Waals surface area contributed by atoms with Crippen molar-refractivity contribution in [2.45, 2.75) is 19.9 Å². The van der Waals surface area contributed by atoms with Crippen molar-refractivity contribution in [1.29, 1.82) is 5.26 Å². The van der Waals surface area contributed by atoms with Crippen LogP contribution < -0.4 is 5.32 Å². The van der Waals surface area contributed by atoms with Crippen LogP contribution in [0.2, 0.25) is 0 Å². The van der Waals surface area contributed by atoms with Crippen LogP contribution in [0.25, 0.3) is 0 Å². The molecule has 0 saturated heterocycles. The fraction of sp³-hybridized carbons (Fsp3) is 0.385. The predicted molar refractivity (Wildman–Crippen MR) is 63.8 cm³/mol. The van der Waals surface area contributed by atoms with Crippen LogP contribution in [0.4, 0.5) is 0 Å². The lowest BCUT2D eigenvalue weighted by Gasteiger charge is -2.21. The molecule has 0 aromatic heterocycles. The second-order valence-corrected chi connectivity index (χ2v) is 4.36. The summed E-state index contributed by atoms with van der Waals surface area (Å²) >= 11 is 0. The lowest BCUT2D eigenvalue weighted by Crippen LogP contribution is -2.39. The summed E-state index contributed by atoms with van der Waals surface area (Å²) in [6.07, 6.45) is 0. The van der Waals surface area contributed by atoms with Gasteiger partial charge in [0.05, 0.1) is 18.7 Å². The molecule has 0 radical (unpaired) electrons. The third-order valence-corrected chi connectivity index (χ3v) is 2.54. The van der Waals surface area contributed by atoms with Crippen LogP contribution in [0.5, 0.6) is 0 Å². The van der Waals surface area contributed by atoms with Gasteiger partial charge in [0.2, 0.25) is 5.91 Å². The summed E-state index contributed by atoms with van der Waals surface area (Å²) in [7, 11) is 0. The van der Waals surface area contributed by atoms with Gasteiger partial charge in [0.25, 0.3) is 0 Å². The molecule has 0 aliphatic carbocycles. The fourth-order valence-electron chi connectivity index (χ4n) is 1.31.